The standard InChI is InChI=1S/C13H15NO2S/c1-9(15-6-11-7-16-11)5-10-3-2-4-12-13(10)14-8-17-12/h2-4,8-9,11H,5-7H2,1H3. The minimum Gasteiger partial charge on any atom is -0.375 e. The Kier molecular flexibility index (Phi) is 3.09. The monoisotopic (exact) mass is 249 g/mol. The van der Waals surface area contributed by atoms with Crippen molar-refractivity contribution < 1.29 is 9.47 Å². The Morgan fingerprint density at radius 3 is 3.29 bits per heavy atom. The Morgan fingerprint density at radius 1 is 1.59 bits per heavy atom. The fourth-order valence-corrected chi connectivity index (χ4v) is 2.64. The molecule has 17 heavy (non-hydrogen) atoms. The van der Waals surface area contributed by atoms with Gasteiger partial charge in [0.25, 0.3) is 0 Å². The zero-order valence-electron chi connectivity index (χ0n) is 9.76. The van der Waals surface area contributed by atoms with E-state index < -0.39 is 0 Å². The third-order valence-corrected chi connectivity index (χ3v) is 3.71. The molecule has 0 saturated carbocycles. The number of rotatable bonds is 5. The van der Waals surface area contributed by atoms with Gasteiger partial charge in [0, 0.05) is 6.42 Å². The van der Waals surface area contributed by atoms with Gasteiger partial charge in [-0.3, -0.25) is 0 Å². The van der Waals surface area contributed by atoms with E-state index in [2.05, 4.69) is 30.1 Å². The SMILES string of the molecule is CC(Cc1cccc2scnc12)OCC1CO1. The van der Waals surface area contributed by atoms with Crippen LogP contribution in [0.2, 0.25) is 0 Å². The molecule has 2 heterocycles. The maximum absolute atomic E-state index is 5.75. The van der Waals surface area contributed by atoms with E-state index >= 15 is 0 Å². The minimum absolute atomic E-state index is 0.214. The molecule has 3 rings (SSSR count). The predicted octanol–water partition coefficient (Wildman–Crippen LogP) is 2.64. The molecule has 1 saturated heterocycles. The van der Waals surface area contributed by atoms with E-state index in [1.54, 1.807) is 11.3 Å². The molecule has 90 valence electrons. The summed E-state index contributed by atoms with van der Waals surface area (Å²) in [6.45, 7) is 3.68. The summed E-state index contributed by atoms with van der Waals surface area (Å²) in [4.78, 5) is 4.42. The van der Waals surface area contributed by atoms with Crippen molar-refractivity contribution in [3.63, 3.8) is 0 Å². The fourth-order valence-electron chi connectivity index (χ4n) is 1.91. The average molecular weight is 249 g/mol. The molecule has 1 fully saturated rings. The molecule has 0 amide bonds. The summed E-state index contributed by atoms with van der Waals surface area (Å²) in [6.07, 6.45) is 1.47. The van der Waals surface area contributed by atoms with Crippen LogP contribution in [0.15, 0.2) is 23.7 Å². The highest BCUT2D eigenvalue weighted by atomic mass is 32.1. The Labute approximate surface area is 104 Å². The van der Waals surface area contributed by atoms with Gasteiger partial charge in [-0.15, -0.1) is 11.3 Å². The van der Waals surface area contributed by atoms with Crippen LogP contribution in [0, 0.1) is 0 Å². The van der Waals surface area contributed by atoms with Crippen LogP contribution in [0.1, 0.15) is 12.5 Å². The zero-order chi connectivity index (χ0) is 11.7. The molecule has 4 heteroatoms. The lowest BCUT2D eigenvalue weighted by atomic mass is 10.1. The van der Waals surface area contributed by atoms with Crippen molar-refractivity contribution in [2.75, 3.05) is 13.2 Å². The first-order valence-electron chi connectivity index (χ1n) is 5.87. The van der Waals surface area contributed by atoms with Crippen LogP contribution in [0.3, 0.4) is 0 Å². The maximum atomic E-state index is 5.75. The summed E-state index contributed by atoms with van der Waals surface area (Å²) in [6, 6.07) is 6.34. The molecule has 0 aliphatic carbocycles. The fraction of sp³-hybridized carbons (Fsp3) is 0.462. The summed E-state index contributed by atoms with van der Waals surface area (Å²) in [5.74, 6) is 0. The van der Waals surface area contributed by atoms with Crippen LogP contribution in [-0.4, -0.2) is 30.4 Å². The van der Waals surface area contributed by atoms with Gasteiger partial charge in [-0.05, 0) is 18.6 Å². The Morgan fingerprint density at radius 2 is 2.47 bits per heavy atom. The third-order valence-electron chi connectivity index (χ3n) is 2.92. The number of hydrogen-bond acceptors (Lipinski definition) is 4. The molecule has 0 bridgehead atoms. The summed E-state index contributed by atoms with van der Waals surface area (Å²) < 4.78 is 12.1. The number of benzene rings is 1. The second-order valence-corrected chi connectivity index (χ2v) is 5.31. The van der Waals surface area contributed by atoms with Gasteiger partial charge < -0.3 is 9.47 Å². The molecular weight excluding hydrogens is 234 g/mol. The summed E-state index contributed by atoms with van der Waals surface area (Å²) in [5, 5.41) is 0. The second kappa shape index (κ2) is 4.72. The van der Waals surface area contributed by atoms with Crippen LogP contribution < -0.4 is 0 Å². The van der Waals surface area contributed by atoms with Gasteiger partial charge in [0.05, 0.1) is 35.0 Å². The van der Waals surface area contributed by atoms with Crippen LogP contribution >= 0.6 is 11.3 Å². The van der Waals surface area contributed by atoms with Crippen molar-refractivity contribution in [2.24, 2.45) is 0 Å². The smallest absolute Gasteiger partial charge is 0.104 e. The molecule has 1 aliphatic heterocycles. The quantitative estimate of drug-likeness (QED) is 0.764. The van der Waals surface area contributed by atoms with Crippen LogP contribution in [0.25, 0.3) is 10.2 Å². The van der Waals surface area contributed by atoms with E-state index in [-0.39, 0.29) is 6.10 Å². The second-order valence-electron chi connectivity index (χ2n) is 4.42. The molecule has 2 unspecified atom stereocenters. The normalized spacial score (nSPS) is 20.6. The lowest BCUT2D eigenvalue weighted by Crippen LogP contribution is -2.15. The van der Waals surface area contributed by atoms with Gasteiger partial charge >= 0.3 is 0 Å². The number of fused-ring (bicyclic) bond motifs is 1. The van der Waals surface area contributed by atoms with Crippen molar-refractivity contribution in [1.82, 2.24) is 4.98 Å². The number of epoxide rings is 1. The van der Waals surface area contributed by atoms with Crippen molar-refractivity contribution >= 4 is 21.6 Å². The van der Waals surface area contributed by atoms with E-state index in [9.17, 15) is 0 Å². The highest BCUT2D eigenvalue weighted by molar-refractivity contribution is 7.16. The average Bonchev–Trinajstić information content (AvgIpc) is 3.03. The minimum atomic E-state index is 0.214. The van der Waals surface area contributed by atoms with Crippen LogP contribution in [-0.2, 0) is 15.9 Å². The molecule has 1 aromatic carbocycles. The molecular formula is C13H15NO2S. The van der Waals surface area contributed by atoms with Crippen molar-refractivity contribution in [3.8, 4) is 0 Å². The molecule has 2 aromatic rings. The van der Waals surface area contributed by atoms with E-state index in [4.69, 9.17) is 9.47 Å². The molecule has 0 radical (unpaired) electrons. The zero-order valence-corrected chi connectivity index (χ0v) is 10.6. The van der Waals surface area contributed by atoms with E-state index in [0.717, 1.165) is 18.5 Å². The number of para-hydroxylation sites is 1. The van der Waals surface area contributed by atoms with Crippen molar-refractivity contribution in [3.05, 3.63) is 29.3 Å². The summed E-state index contributed by atoms with van der Waals surface area (Å²) in [5.41, 5.74) is 4.29. The largest absolute Gasteiger partial charge is 0.375 e. The van der Waals surface area contributed by atoms with Crippen molar-refractivity contribution in [2.45, 2.75) is 25.6 Å². The topological polar surface area (TPSA) is 34.6 Å². The van der Waals surface area contributed by atoms with E-state index in [1.165, 1.54) is 10.3 Å². The summed E-state index contributed by atoms with van der Waals surface area (Å²) in [7, 11) is 0. The van der Waals surface area contributed by atoms with Crippen LogP contribution in [0.5, 0.6) is 0 Å². The van der Waals surface area contributed by atoms with Crippen molar-refractivity contribution in [1.29, 1.82) is 0 Å². The number of aromatic nitrogens is 1. The third kappa shape index (κ3) is 2.65. The van der Waals surface area contributed by atoms with Gasteiger partial charge in [0.1, 0.15) is 6.10 Å². The highest BCUT2D eigenvalue weighted by Gasteiger charge is 2.23. The first-order chi connectivity index (χ1) is 8.33. The van der Waals surface area contributed by atoms with Gasteiger partial charge in [-0.2, -0.15) is 0 Å². The lowest BCUT2D eigenvalue weighted by Gasteiger charge is -2.12. The molecule has 0 spiro atoms. The molecule has 3 nitrogen and oxygen atoms in total. The number of hydrogen-bond donors (Lipinski definition) is 0. The first kappa shape index (κ1) is 11.1. The molecule has 0 N–H and O–H groups in total. The lowest BCUT2D eigenvalue weighted by molar-refractivity contribution is 0.0550. The molecule has 2 atom stereocenters. The summed E-state index contributed by atoms with van der Waals surface area (Å²) >= 11 is 1.68. The van der Waals surface area contributed by atoms with Gasteiger partial charge in [-0.25, -0.2) is 4.98 Å². The number of thiazole rings is 1. The first-order valence-corrected chi connectivity index (χ1v) is 6.75. The highest BCUT2D eigenvalue weighted by Crippen LogP contribution is 2.22. The Balaban J connectivity index is 1.68. The Bertz CT molecular complexity index is 507. The van der Waals surface area contributed by atoms with Gasteiger partial charge in [0.15, 0.2) is 0 Å². The Hall–Kier alpha value is -0.970. The van der Waals surface area contributed by atoms with Gasteiger partial charge in [-0.1, -0.05) is 12.1 Å². The molecule has 1 aliphatic rings. The number of nitrogens with zero attached hydrogens (tertiary/aromatic N) is 1. The predicted molar refractivity (Wildman–Crippen MR) is 68.5 cm³/mol. The number of ether oxygens (including phenoxy) is 2. The maximum Gasteiger partial charge on any atom is 0.104 e. The van der Waals surface area contributed by atoms with Gasteiger partial charge in [0.2, 0.25) is 0 Å². The van der Waals surface area contributed by atoms with E-state index in [0.29, 0.717) is 12.7 Å². The van der Waals surface area contributed by atoms with Crippen LogP contribution in [0.4, 0.5) is 0 Å². The molecule has 1 aromatic heterocycles. The van der Waals surface area contributed by atoms with E-state index in [1.807, 2.05) is 5.51 Å².